The SMILES string of the molecule is C=CC1C(N2C(=O)OC2c2ccccc2)C(=C)N1[C@H](C=O)CCC(=O)N1CCN(C2CCCCC2)CC1.Cc1ccccc1. The van der Waals surface area contributed by atoms with Crippen molar-refractivity contribution in [2.75, 3.05) is 26.2 Å². The summed E-state index contributed by atoms with van der Waals surface area (Å²) in [5, 5.41) is 0. The Labute approximate surface area is 261 Å². The first kappa shape index (κ1) is 31.5. The van der Waals surface area contributed by atoms with Gasteiger partial charge in [-0.2, -0.15) is 0 Å². The first-order valence-corrected chi connectivity index (χ1v) is 16.0. The summed E-state index contributed by atoms with van der Waals surface area (Å²) >= 11 is 0. The Morgan fingerprint density at radius 1 is 0.977 bits per heavy atom. The van der Waals surface area contributed by atoms with Gasteiger partial charge in [-0.15, -0.1) is 6.58 Å². The molecule has 2 amide bonds. The Morgan fingerprint density at radius 2 is 1.61 bits per heavy atom. The molecular formula is C36H46N4O4. The molecule has 0 bridgehead atoms. The minimum atomic E-state index is -0.494. The lowest BCUT2D eigenvalue weighted by Crippen LogP contribution is -2.70. The van der Waals surface area contributed by atoms with E-state index in [1.54, 1.807) is 11.0 Å². The van der Waals surface area contributed by atoms with Crippen LogP contribution >= 0.6 is 0 Å². The summed E-state index contributed by atoms with van der Waals surface area (Å²) in [7, 11) is 0. The average Bonchev–Trinajstić information content (AvgIpc) is 3.07. The molecule has 3 heterocycles. The van der Waals surface area contributed by atoms with Gasteiger partial charge in [0.1, 0.15) is 12.3 Å². The highest BCUT2D eigenvalue weighted by molar-refractivity contribution is 5.77. The number of benzene rings is 2. The van der Waals surface area contributed by atoms with Crippen molar-refractivity contribution in [1.29, 1.82) is 0 Å². The van der Waals surface area contributed by atoms with Gasteiger partial charge >= 0.3 is 6.09 Å². The van der Waals surface area contributed by atoms with Crippen LogP contribution in [0.3, 0.4) is 0 Å². The predicted octanol–water partition coefficient (Wildman–Crippen LogP) is 5.71. The molecule has 0 radical (unpaired) electrons. The van der Waals surface area contributed by atoms with Gasteiger partial charge < -0.3 is 19.3 Å². The van der Waals surface area contributed by atoms with Crippen molar-refractivity contribution >= 4 is 18.3 Å². The fourth-order valence-corrected chi connectivity index (χ4v) is 7.00. The maximum Gasteiger partial charge on any atom is 0.415 e. The number of amides is 2. The van der Waals surface area contributed by atoms with Gasteiger partial charge in [-0.25, -0.2) is 4.79 Å². The van der Waals surface area contributed by atoms with Crippen LogP contribution in [0.2, 0.25) is 0 Å². The third-order valence-electron chi connectivity index (χ3n) is 9.49. The fourth-order valence-electron chi connectivity index (χ4n) is 7.00. The quantitative estimate of drug-likeness (QED) is 0.272. The molecule has 3 aliphatic heterocycles. The normalized spacial score (nSPS) is 24.7. The monoisotopic (exact) mass is 598 g/mol. The van der Waals surface area contributed by atoms with E-state index in [1.165, 1.54) is 37.7 Å². The zero-order valence-corrected chi connectivity index (χ0v) is 25.9. The second-order valence-corrected chi connectivity index (χ2v) is 12.2. The number of cyclic esters (lactones) is 1. The molecule has 44 heavy (non-hydrogen) atoms. The molecule has 2 aromatic rings. The van der Waals surface area contributed by atoms with Gasteiger partial charge in [0.25, 0.3) is 0 Å². The van der Waals surface area contributed by atoms with Gasteiger partial charge in [-0.1, -0.05) is 98.1 Å². The number of hydrogen-bond acceptors (Lipinski definition) is 6. The van der Waals surface area contributed by atoms with Crippen LogP contribution in [0, 0.1) is 6.92 Å². The van der Waals surface area contributed by atoms with Crippen LogP contribution in [0.1, 0.15) is 62.3 Å². The van der Waals surface area contributed by atoms with Crippen LogP contribution in [0.25, 0.3) is 0 Å². The van der Waals surface area contributed by atoms with Crippen LogP contribution in [0.15, 0.2) is 85.6 Å². The second kappa shape index (κ2) is 14.7. The van der Waals surface area contributed by atoms with Crippen LogP contribution in [0.4, 0.5) is 4.79 Å². The van der Waals surface area contributed by atoms with E-state index in [2.05, 4.69) is 37.1 Å². The third-order valence-corrected chi connectivity index (χ3v) is 9.49. The van der Waals surface area contributed by atoms with Crippen molar-refractivity contribution in [3.63, 3.8) is 0 Å². The van der Waals surface area contributed by atoms with Crippen LogP contribution in [-0.2, 0) is 14.3 Å². The van der Waals surface area contributed by atoms with E-state index >= 15 is 0 Å². The lowest BCUT2D eigenvalue weighted by molar-refractivity contribution is -0.146. The van der Waals surface area contributed by atoms with Crippen LogP contribution in [0.5, 0.6) is 0 Å². The number of aldehydes is 1. The third kappa shape index (κ3) is 6.91. The van der Waals surface area contributed by atoms with Crippen LogP contribution in [-0.4, -0.2) is 88.2 Å². The maximum atomic E-state index is 13.0. The van der Waals surface area contributed by atoms with Crippen molar-refractivity contribution in [2.24, 2.45) is 0 Å². The Hall–Kier alpha value is -3.91. The standard InChI is InChI=1S/C29H38N4O4.C7H8/c1-3-25-27(33-28(37-29(33)36)22-10-6-4-7-11-22)21(2)32(25)24(20-34)14-15-26(35)31-18-16-30(17-19-31)23-12-8-5-9-13-23;1-7-5-3-2-4-6-7/h3-4,6-7,10-11,20,23-25,27-28H,1-2,5,8-9,12-19H2;2-6H,1H3/t24-,25?,27?,28?;/m0./s1. The summed E-state index contributed by atoms with van der Waals surface area (Å²) in [5.74, 6) is 0.100. The zero-order chi connectivity index (χ0) is 31.1. The minimum absolute atomic E-state index is 0.100. The first-order valence-electron chi connectivity index (χ1n) is 16.0. The van der Waals surface area contributed by atoms with Gasteiger partial charge in [0, 0.05) is 49.9 Å². The highest BCUT2D eigenvalue weighted by Gasteiger charge is 2.55. The van der Waals surface area contributed by atoms with E-state index in [4.69, 9.17) is 4.74 Å². The van der Waals surface area contributed by atoms with E-state index in [1.807, 2.05) is 58.3 Å². The summed E-state index contributed by atoms with van der Waals surface area (Å²) in [4.78, 5) is 45.6. The summed E-state index contributed by atoms with van der Waals surface area (Å²) < 4.78 is 5.42. The Kier molecular flexibility index (Phi) is 10.5. The molecule has 234 valence electrons. The number of nitrogens with zero attached hydrogens (tertiary/aromatic N) is 4. The number of likely N-dealkylation sites (tertiary alicyclic amines) is 1. The molecule has 2 aromatic carbocycles. The molecule has 0 aromatic heterocycles. The molecule has 8 nitrogen and oxygen atoms in total. The van der Waals surface area contributed by atoms with Gasteiger partial charge in [0.05, 0.1) is 12.1 Å². The number of hydrogen-bond donors (Lipinski definition) is 0. The van der Waals surface area contributed by atoms with Gasteiger partial charge in [0.2, 0.25) is 12.1 Å². The highest BCUT2D eigenvalue weighted by Crippen LogP contribution is 2.45. The average molecular weight is 599 g/mol. The first-order chi connectivity index (χ1) is 21.4. The van der Waals surface area contributed by atoms with Crippen molar-refractivity contribution < 1.29 is 19.1 Å². The number of piperazine rings is 1. The molecule has 8 heteroatoms. The zero-order valence-electron chi connectivity index (χ0n) is 25.9. The lowest BCUT2D eigenvalue weighted by atomic mass is 9.86. The molecule has 4 atom stereocenters. The smallest absolute Gasteiger partial charge is 0.415 e. The topological polar surface area (TPSA) is 73.4 Å². The molecule has 4 aliphatic rings. The maximum absolute atomic E-state index is 13.0. The molecular weight excluding hydrogens is 552 g/mol. The fraction of sp³-hybridized carbons (Fsp3) is 0.472. The van der Waals surface area contributed by atoms with Crippen LogP contribution < -0.4 is 0 Å². The molecule has 6 rings (SSSR count). The summed E-state index contributed by atoms with van der Waals surface area (Å²) in [6, 6.07) is 19.4. The molecule has 0 N–H and O–H groups in total. The molecule has 4 fully saturated rings. The van der Waals surface area contributed by atoms with Crippen molar-refractivity contribution in [1.82, 2.24) is 19.6 Å². The number of carbonyl (C=O) groups excluding carboxylic acids is 3. The summed E-state index contributed by atoms with van der Waals surface area (Å²) in [6.45, 7) is 13.6. The Bertz CT molecular complexity index is 1290. The Morgan fingerprint density at radius 3 is 2.16 bits per heavy atom. The summed E-state index contributed by atoms with van der Waals surface area (Å²) in [6.07, 6.45) is 9.00. The van der Waals surface area contributed by atoms with E-state index in [-0.39, 0.29) is 18.0 Å². The molecule has 1 aliphatic carbocycles. The Balaban J connectivity index is 0.000000484. The largest absolute Gasteiger partial charge is 0.421 e. The second-order valence-electron chi connectivity index (χ2n) is 12.2. The van der Waals surface area contributed by atoms with E-state index < -0.39 is 18.4 Å². The van der Waals surface area contributed by atoms with Crippen molar-refractivity contribution in [2.45, 2.75) is 82.3 Å². The number of carbonyl (C=O) groups is 3. The minimum Gasteiger partial charge on any atom is -0.421 e. The highest BCUT2D eigenvalue weighted by atomic mass is 16.6. The molecule has 3 unspecified atom stereocenters. The molecule has 1 saturated carbocycles. The molecule has 3 saturated heterocycles. The molecule has 0 spiro atoms. The van der Waals surface area contributed by atoms with Crippen molar-refractivity contribution in [3.8, 4) is 0 Å². The van der Waals surface area contributed by atoms with Crippen molar-refractivity contribution in [3.05, 3.63) is 96.7 Å². The van der Waals surface area contributed by atoms with Gasteiger partial charge in [0.15, 0.2) is 0 Å². The summed E-state index contributed by atoms with van der Waals surface area (Å²) in [5.41, 5.74) is 2.88. The van der Waals surface area contributed by atoms with E-state index in [0.29, 0.717) is 24.6 Å². The lowest BCUT2D eigenvalue weighted by Gasteiger charge is -2.59. The van der Waals surface area contributed by atoms with Gasteiger partial charge in [-0.3, -0.25) is 14.6 Å². The number of ether oxygens (including phenoxy) is 1. The predicted molar refractivity (Wildman–Crippen MR) is 172 cm³/mol. The number of rotatable bonds is 9. The van der Waals surface area contributed by atoms with E-state index in [0.717, 1.165) is 38.0 Å². The number of aryl methyl sites for hydroxylation is 1. The van der Waals surface area contributed by atoms with Gasteiger partial charge in [-0.05, 0) is 26.2 Å². The van der Waals surface area contributed by atoms with E-state index in [9.17, 15) is 14.4 Å².